The normalized spacial score (nSPS) is 20.6. The van der Waals surface area contributed by atoms with Crippen molar-refractivity contribution >= 4 is 0 Å². The van der Waals surface area contributed by atoms with E-state index in [1.807, 2.05) is 6.08 Å². The first-order valence-corrected chi connectivity index (χ1v) is 10.4. The van der Waals surface area contributed by atoms with Crippen LogP contribution in [0.25, 0.3) is 0 Å². The van der Waals surface area contributed by atoms with E-state index in [0.717, 1.165) is 18.3 Å². The summed E-state index contributed by atoms with van der Waals surface area (Å²) in [7, 11) is 0. The van der Waals surface area contributed by atoms with Crippen LogP contribution in [0.1, 0.15) is 82.3 Å². The van der Waals surface area contributed by atoms with E-state index >= 15 is 0 Å². The van der Waals surface area contributed by atoms with E-state index < -0.39 is 0 Å². The van der Waals surface area contributed by atoms with Crippen molar-refractivity contribution in [3.63, 3.8) is 0 Å². The van der Waals surface area contributed by atoms with Gasteiger partial charge in [0.2, 0.25) is 0 Å². The monoisotopic (exact) mass is 337 g/mol. The molecule has 1 nitrogen and oxygen atoms in total. The minimum atomic E-state index is 0.891. The van der Waals surface area contributed by atoms with Crippen LogP contribution in [-0.4, -0.2) is 0 Å². The highest BCUT2D eigenvalue weighted by molar-refractivity contribution is 5.22. The van der Waals surface area contributed by atoms with Crippen LogP contribution in [0.5, 0.6) is 0 Å². The molecule has 1 fully saturated rings. The van der Waals surface area contributed by atoms with E-state index in [4.69, 9.17) is 5.26 Å². The molecule has 1 aromatic carbocycles. The summed E-state index contributed by atoms with van der Waals surface area (Å²) in [5.41, 5.74) is 3.02. The number of hydrogen-bond donors (Lipinski definition) is 0. The van der Waals surface area contributed by atoms with Crippen molar-refractivity contribution in [3.05, 3.63) is 47.5 Å². The van der Waals surface area contributed by atoms with Crippen molar-refractivity contribution in [2.75, 3.05) is 0 Å². The fourth-order valence-electron chi connectivity index (χ4n) is 4.10. The minimum absolute atomic E-state index is 0.891. The molecular formula is C24H35N. The number of hydrogen-bond acceptors (Lipinski definition) is 1. The van der Waals surface area contributed by atoms with Gasteiger partial charge < -0.3 is 0 Å². The van der Waals surface area contributed by atoms with Crippen LogP contribution in [0.15, 0.2) is 36.4 Å². The molecule has 0 radical (unpaired) electrons. The Morgan fingerprint density at radius 2 is 1.52 bits per heavy atom. The third-order valence-electron chi connectivity index (χ3n) is 5.83. The van der Waals surface area contributed by atoms with E-state index in [2.05, 4.69) is 37.3 Å². The van der Waals surface area contributed by atoms with Gasteiger partial charge in [0.25, 0.3) is 0 Å². The summed E-state index contributed by atoms with van der Waals surface area (Å²) in [6.45, 7) is 2.27. The maximum absolute atomic E-state index is 8.52. The molecule has 0 spiro atoms. The zero-order valence-corrected chi connectivity index (χ0v) is 16.1. The van der Waals surface area contributed by atoms with Gasteiger partial charge in [-0.15, -0.1) is 0 Å². The lowest BCUT2D eigenvalue weighted by atomic mass is 9.78. The van der Waals surface area contributed by atoms with E-state index in [1.165, 1.54) is 81.8 Å². The number of rotatable bonds is 10. The molecule has 0 N–H and O–H groups in total. The van der Waals surface area contributed by atoms with Crippen LogP contribution in [0.3, 0.4) is 0 Å². The van der Waals surface area contributed by atoms with Crippen LogP contribution in [0, 0.1) is 23.2 Å². The van der Waals surface area contributed by atoms with Crippen LogP contribution in [-0.2, 0) is 12.8 Å². The minimum Gasteiger partial charge on any atom is -0.193 e. The second-order valence-electron chi connectivity index (χ2n) is 7.81. The zero-order valence-electron chi connectivity index (χ0n) is 16.1. The Labute approximate surface area is 155 Å². The van der Waals surface area contributed by atoms with E-state index in [9.17, 15) is 0 Å². The predicted octanol–water partition coefficient (Wildman–Crippen LogP) is 7.02. The predicted molar refractivity (Wildman–Crippen MR) is 107 cm³/mol. The summed E-state index contributed by atoms with van der Waals surface area (Å²) >= 11 is 0. The average Bonchev–Trinajstić information content (AvgIpc) is 2.66. The lowest BCUT2D eigenvalue weighted by molar-refractivity contribution is 0.254. The molecule has 1 heteroatoms. The third kappa shape index (κ3) is 7.91. The zero-order chi connectivity index (χ0) is 17.7. The largest absolute Gasteiger partial charge is 0.193 e. The lowest BCUT2D eigenvalue weighted by Gasteiger charge is -2.28. The number of benzene rings is 1. The molecule has 0 aliphatic heterocycles. The van der Waals surface area contributed by atoms with Gasteiger partial charge in [0.15, 0.2) is 0 Å². The van der Waals surface area contributed by atoms with Gasteiger partial charge in [-0.1, -0.05) is 75.8 Å². The Kier molecular flexibility index (Phi) is 9.42. The van der Waals surface area contributed by atoms with E-state index in [-0.39, 0.29) is 0 Å². The van der Waals surface area contributed by atoms with Gasteiger partial charge >= 0.3 is 0 Å². The summed E-state index contributed by atoms with van der Waals surface area (Å²) in [6.07, 6.45) is 19.4. The van der Waals surface area contributed by atoms with Gasteiger partial charge in [0.1, 0.15) is 0 Å². The molecular weight excluding hydrogens is 302 g/mol. The molecule has 0 bridgehead atoms. The maximum Gasteiger partial charge on any atom is 0.0908 e. The van der Waals surface area contributed by atoms with Crippen LogP contribution < -0.4 is 0 Å². The molecule has 0 saturated heterocycles. The Hall–Kier alpha value is -1.55. The van der Waals surface area contributed by atoms with Crippen LogP contribution in [0.4, 0.5) is 0 Å². The molecule has 1 saturated carbocycles. The SMILES string of the molecule is CCCCCc1ccc(CC[C@H]2CC[C@H](CCC=CC#N)CC2)cc1. The molecule has 1 aliphatic rings. The summed E-state index contributed by atoms with van der Waals surface area (Å²) in [5, 5.41) is 8.52. The Balaban J connectivity index is 1.62. The molecule has 2 rings (SSSR count). The maximum atomic E-state index is 8.52. The van der Waals surface area contributed by atoms with Crippen molar-refractivity contribution < 1.29 is 0 Å². The van der Waals surface area contributed by atoms with Crippen molar-refractivity contribution in [3.8, 4) is 6.07 Å². The van der Waals surface area contributed by atoms with Crippen molar-refractivity contribution in [2.45, 2.75) is 84.0 Å². The second kappa shape index (κ2) is 11.9. The molecule has 1 aromatic rings. The molecule has 25 heavy (non-hydrogen) atoms. The number of nitrogens with zero attached hydrogens (tertiary/aromatic N) is 1. The number of allylic oxidation sites excluding steroid dienone is 2. The first kappa shape index (κ1) is 19.8. The Bertz CT molecular complexity index is 526. The third-order valence-corrected chi connectivity index (χ3v) is 5.83. The fraction of sp³-hybridized carbons (Fsp3) is 0.625. The molecule has 1 aliphatic carbocycles. The second-order valence-corrected chi connectivity index (χ2v) is 7.81. The standard InChI is InChI=1S/C24H35N/c1-2-3-5-8-21-10-14-23(15-11-21)18-19-24-16-12-22(13-17-24)9-6-4-7-20-25/h4,7,10-11,14-15,22,24H,2-3,5-6,8-9,12-13,16-19H2,1H3/t22-,24-. The summed E-state index contributed by atoms with van der Waals surface area (Å²) in [4.78, 5) is 0. The first-order chi connectivity index (χ1) is 12.3. The number of unbranched alkanes of at least 4 members (excludes halogenated alkanes) is 2. The van der Waals surface area contributed by atoms with Crippen LogP contribution in [0.2, 0.25) is 0 Å². The molecule has 0 amide bonds. The highest BCUT2D eigenvalue weighted by atomic mass is 14.3. The van der Waals surface area contributed by atoms with Crippen molar-refractivity contribution in [1.82, 2.24) is 0 Å². The lowest BCUT2D eigenvalue weighted by Crippen LogP contribution is -2.15. The molecule has 0 unspecified atom stereocenters. The summed E-state index contributed by atoms with van der Waals surface area (Å²) < 4.78 is 0. The van der Waals surface area contributed by atoms with Gasteiger partial charge in [-0.2, -0.15) is 5.26 Å². The first-order valence-electron chi connectivity index (χ1n) is 10.4. The van der Waals surface area contributed by atoms with Gasteiger partial charge in [-0.3, -0.25) is 0 Å². The average molecular weight is 338 g/mol. The van der Waals surface area contributed by atoms with Crippen molar-refractivity contribution in [2.24, 2.45) is 11.8 Å². The van der Waals surface area contributed by atoms with E-state index in [0.29, 0.717) is 0 Å². The number of aryl methyl sites for hydroxylation is 2. The fourth-order valence-corrected chi connectivity index (χ4v) is 4.10. The van der Waals surface area contributed by atoms with Gasteiger partial charge in [-0.25, -0.2) is 0 Å². The molecule has 0 atom stereocenters. The van der Waals surface area contributed by atoms with Gasteiger partial charge in [0, 0.05) is 6.08 Å². The van der Waals surface area contributed by atoms with Crippen LogP contribution >= 0.6 is 0 Å². The highest BCUT2D eigenvalue weighted by Gasteiger charge is 2.20. The van der Waals surface area contributed by atoms with Gasteiger partial charge in [0.05, 0.1) is 6.07 Å². The Morgan fingerprint density at radius 1 is 0.920 bits per heavy atom. The highest BCUT2D eigenvalue weighted by Crippen LogP contribution is 2.34. The summed E-state index contributed by atoms with van der Waals surface area (Å²) in [6, 6.07) is 11.5. The van der Waals surface area contributed by atoms with Crippen molar-refractivity contribution in [1.29, 1.82) is 5.26 Å². The molecule has 0 aromatic heterocycles. The number of nitriles is 1. The smallest absolute Gasteiger partial charge is 0.0908 e. The van der Waals surface area contributed by atoms with E-state index in [1.54, 1.807) is 6.08 Å². The molecule has 0 heterocycles. The molecule has 136 valence electrons. The quantitative estimate of drug-likeness (QED) is 0.332. The topological polar surface area (TPSA) is 23.8 Å². The summed E-state index contributed by atoms with van der Waals surface area (Å²) in [5.74, 6) is 1.82. The Morgan fingerprint density at radius 3 is 2.12 bits per heavy atom. The van der Waals surface area contributed by atoms with Gasteiger partial charge in [-0.05, 0) is 61.5 Å².